The average molecular weight is 312 g/mol. The molecule has 0 aliphatic carbocycles. The normalized spacial score (nSPS) is 12.3. The SMILES string of the molecule is CCCN(C(C)C)S(=O)(=O)c1ccc(CCCNC)cc1. The van der Waals surface area contributed by atoms with E-state index < -0.39 is 10.0 Å². The first-order chi connectivity index (χ1) is 9.93. The summed E-state index contributed by atoms with van der Waals surface area (Å²) in [5, 5.41) is 3.11. The molecule has 0 spiro atoms. The third-order valence-corrected chi connectivity index (χ3v) is 5.53. The monoisotopic (exact) mass is 312 g/mol. The molecule has 1 rings (SSSR count). The van der Waals surface area contributed by atoms with Crippen LogP contribution in [-0.2, 0) is 16.4 Å². The van der Waals surface area contributed by atoms with Crippen molar-refractivity contribution in [3.05, 3.63) is 29.8 Å². The Hall–Kier alpha value is -0.910. The first-order valence-electron chi connectivity index (χ1n) is 7.68. The molecule has 5 heteroatoms. The highest BCUT2D eigenvalue weighted by Gasteiger charge is 2.25. The summed E-state index contributed by atoms with van der Waals surface area (Å²) < 4.78 is 26.9. The van der Waals surface area contributed by atoms with Crippen LogP contribution in [0.15, 0.2) is 29.2 Å². The van der Waals surface area contributed by atoms with Crippen molar-refractivity contribution < 1.29 is 8.42 Å². The molecule has 4 nitrogen and oxygen atoms in total. The van der Waals surface area contributed by atoms with Crippen molar-refractivity contribution in [2.24, 2.45) is 0 Å². The molecule has 0 bridgehead atoms. The molecule has 0 radical (unpaired) electrons. The Bertz CT molecular complexity index is 510. The number of aryl methyl sites for hydroxylation is 1. The smallest absolute Gasteiger partial charge is 0.243 e. The molecule has 0 aliphatic heterocycles. The maximum Gasteiger partial charge on any atom is 0.243 e. The van der Waals surface area contributed by atoms with Crippen LogP contribution in [-0.4, -0.2) is 38.9 Å². The highest BCUT2D eigenvalue weighted by Crippen LogP contribution is 2.19. The van der Waals surface area contributed by atoms with Gasteiger partial charge >= 0.3 is 0 Å². The van der Waals surface area contributed by atoms with Crippen molar-refractivity contribution >= 4 is 10.0 Å². The minimum Gasteiger partial charge on any atom is -0.320 e. The zero-order chi connectivity index (χ0) is 15.9. The van der Waals surface area contributed by atoms with Gasteiger partial charge in [-0.1, -0.05) is 19.1 Å². The van der Waals surface area contributed by atoms with Crippen molar-refractivity contribution in [3.63, 3.8) is 0 Å². The third-order valence-electron chi connectivity index (χ3n) is 3.44. The van der Waals surface area contributed by atoms with E-state index in [0.717, 1.165) is 25.8 Å². The predicted octanol–water partition coefficient (Wildman–Crippen LogP) is 2.65. The first-order valence-corrected chi connectivity index (χ1v) is 9.12. The van der Waals surface area contributed by atoms with Crippen LogP contribution in [0.1, 0.15) is 39.2 Å². The lowest BCUT2D eigenvalue weighted by Crippen LogP contribution is -2.37. The summed E-state index contributed by atoms with van der Waals surface area (Å²) in [7, 11) is -1.45. The average Bonchev–Trinajstić information content (AvgIpc) is 2.45. The fourth-order valence-electron chi connectivity index (χ4n) is 2.31. The Morgan fingerprint density at radius 2 is 1.81 bits per heavy atom. The largest absolute Gasteiger partial charge is 0.320 e. The minimum absolute atomic E-state index is 0.0229. The van der Waals surface area contributed by atoms with Crippen LogP contribution < -0.4 is 5.32 Å². The van der Waals surface area contributed by atoms with Gasteiger partial charge in [-0.15, -0.1) is 0 Å². The molecule has 0 saturated carbocycles. The first kappa shape index (κ1) is 18.1. The second-order valence-corrected chi connectivity index (χ2v) is 7.45. The van der Waals surface area contributed by atoms with Gasteiger partial charge in [-0.3, -0.25) is 0 Å². The summed E-state index contributed by atoms with van der Waals surface area (Å²) in [5.41, 5.74) is 1.18. The molecule has 1 N–H and O–H groups in total. The lowest BCUT2D eigenvalue weighted by atomic mass is 10.1. The number of hydrogen-bond donors (Lipinski definition) is 1. The van der Waals surface area contributed by atoms with E-state index in [0.29, 0.717) is 11.4 Å². The standard InChI is InChI=1S/C16H28N2O2S/c1-5-13-18(14(2)3)21(19,20)16-10-8-15(9-11-16)7-6-12-17-4/h8-11,14,17H,5-7,12-13H2,1-4H3. The Labute approximate surface area is 129 Å². The number of nitrogens with zero attached hydrogens (tertiary/aromatic N) is 1. The van der Waals surface area contributed by atoms with Crippen LogP contribution >= 0.6 is 0 Å². The van der Waals surface area contributed by atoms with Gasteiger partial charge in [0.2, 0.25) is 10.0 Å². The molecule has 0 aliphatic rings. The van der Waals surface area contributed by atoms with Crippen LogP contribution in [0, 0.1) is 0 Å². The lowest BCUT2D eigenvalue weighted by molar-refractivity contribution is 0.354. The summed E-state index contributed by atoms with van der Waals surface area (Å²) in [6.45, 7) is 7.36. The molecule has 1 aromatic carbocycles. The molecule has 0 aromatic heterocycles. The second-order valence-electron chi connectivity index (χ2n) is 5.56. The number of nitrogens with one attached hydrogen (secondary N) is 1. The van der Waals surface area contributed by atoms with Gasteiger partial charge in [0.1, 0.15) is 0 Å². The summed E-state index contributed by atoms with van der Waals surface area (Å²) in [6, 6.07) is 7.29. The van der Waals surface area contributed by atoms with Crippen LogP contribution in [0.5, 0.6) is 0 Å². The summed E-state index contributed by atoms with van der Waals surface area (Å²) in [6.07, 6.45) is 2.83. The fraction of sp³-hybridized carbons (Fsp3) is 0.625. The molecular formula is C16H28N2O2S. The summed E-state index contributed by atoms with van der Waals surface area (Å²) in [5.74, 6) is 0. The fourth-order valence-corrected chi connectivity index (χ4v) is 4.04. The lowest BCUT2D eigenvalue weighted by Gasteiger charge is -2.25. The molecular weight excluding hydrogens is 284 g/mol. The van der Waals surface area contributed by atoms with Crippen LogP contribution in [0.2, 0.25) is 0 Å². The predicted molar refractivity (Wildman–Crippen MR) is 88.0 cm³/mol. The number of rotatable bonds is 9. The topological polar surface area (TPSA) is 49.4 Å². The van der Waals surface area contributed by atoms with E-state index in [4.69, 9.17) is 0 Å². The Kier molecular flexibility index (Phi) is 7.35. The Morgan fingerprint density at radius 1 is 1.19 bits per heavy atom. The van der Waals surface area contributed by atoms with E-state index >= 15 is 0 Å². The van der Waals surface area contributed by atoms with E-state index in [9.17, 15) is 8.42 Å². The van der Waals surface area contributed by atoms with Gasteiger partial charge in [0.15, 0.2) is 0 Å². The zero-order valence-electron chi connectivity index (χ0n) is 13.6. The Morgan fingerprint density at radius 3 is 2.29 bits per heavy atom. The molecule has 0 heterocycles. The van der Waals surface area contributed by atoms with E-state index in [1.54, 1.807) is 16.4 Å². The van der Waals surface area contributed by atoms with E-state index in [-0.39, 0.29) is 6.04 Å². The summed E-state index contributed by atoms with van der Waals surface area (Å²) >= 11 is 0. The van der Waals surface area contributed by atoms with Gasteiger partial charge in [0.05, 0.1) is 4.90 Å². The van der Waals surface area contributed by atoms with Gasteiger partial charge in [0, 0.05) is 12.6 Å². The van der Waals surface area contributed by atoms with Gasteiger partial charge < -0.3 is 5.32 Å². The molecule has 21 heavy (non-hydrogen) atoms. The van der Waals surface area contributed by atoms with Crippen LogP contribution in [0.4, 0.5) is 0 Å². The van der Waals surface area contributed by atoms with Gasteiger partial charge in [-0.2, -0.15) is 4.31 Å². The van der Waals surface area contributed by atoms with Crippen molar-refractivity contribution in [2.75, 3.05) is 20.1 Å². The molecule has 0 saturated heterocycles. The van der Waals surface area contributed by atoms with Crippen molar-refractivity contribution in [3.8, 4) is 0 Å². The quantitative estimate of drug-likeness (QED) is 0.713. The molecule has 1 aromatic rings. The van der Waals surface area contributed by atoms with Crippen molar-refractivity contribution in [1.29, 1.82) is 0 Å². The molecule has 0 atom stereocenters. The summed E-state index contributed by atoms with van der Waals surface area (Å²) in [4.78, 5) is 0.391. The maximum atomic E-state index is 12.7. The number of sulfonamides is 1. The van der Waals surface area contributed by atoms with Crippen LogP contribution in [0.25, 0.3) is 0 Å². The van der Waals surface area contributed by atoms with E-state index in [1.807, 2.05) is 40.0 Å². The molecule has 120 valence electrons. The highest BCUT2D eigenvalue weighted by atomic mass is 32.2. The molecule has 0 unspecified atom stereocenters. The molecule has 0 amide bonds. The highest BCUT2D eigenvalue weighted by molar-refractivity contribution is 7.89. The van der Waals surface area contributed by atoms with E-state index in [1.165, 1.54) is 5.56 Å². The van der Waals surface area contributed by atoms with Gasteiger partial charge in [0.25, 0.3) is 0 Å². The van der Waals surface area contributed by atoms with Gasteiger partial charge in [-0.25, -0.2) is 8.42 Å². The van der Waals surface area contributed by atoms with E-state index in [2.05, 4.69) is 5.32 Å². The van der Waals surface area contributed by atoms with Crippen molar-refractivity contribution in [2.45, 2.75) is 51.0 Å². The zero-order valence-corrected chi connectivity index (χ0v) is 14.4. The maximum absolute atomic E-state index is 12.7. The van der Waals surface area contributed by atoms with Gasteiger partial charge in [-0.05, 0) is 64.4 Å². The Balaban J connectivity index is 2.88. The number of hydrogen-bond acceptors (Lipinski definition) is 3. The second kappa shape index (κ2) is 8.51. The van der Waals surface area contributed by atoms with Crippen molar-refractivity contribution in [1.82, 2.24) is 9.62 Å². The minimum atomic E-state index is -3.38. The third kappa shape index (κ3) is 5.09. The number of benzene rings is 1. The molecule has 0 fully saturated rings. The van der Waals surface area contributed by atoms with Crippen LogP contribution in [0.3, 0.4) is 0 Å².